The van der Waals surface area contributed by atoms with Gasteiger partial charge in [-0.2, -0.15) is 0 Å². The SMILES string of the molecule is Cc1ccc(C2(C(=O)N3CCOCC(Cc4cccc5ncccc45)C3)CCOCC2)cc1. The summed E-state index contributed by atoms with van der Waals surface area (Å²) in [5.74, 6) is 0.474. The Labute approximate surface area is 195 Å². The van der Waals surface area contributed by atoms with Crippen LogP contribution in [0.15, 0.2) is 60.8 Å². The number of fused-ring (bicyclic) bond motifs is 1. The smallest absolute Gasteiger partial charge is 0.233 e. The van der Waals surface area contributed by atoms with E-state index in [0.29, 0.717) is 39.5 Å². The van der Waals surface area contributed by atoms with Crippen LogP contribution in [0.1, 0.15) is 29.5 Å². The lowest BCUT2D eigenvalue weighted by Crippen LogP contribution is -2.51. The van der Waals surface area contributed by atoms with Gasteiger partial charge in [-0.25, -0.2) is 0 Å². The summed E-state index contributed by atoms with van der Waals surface area (Å²) in [6, 6.07) is 18.9. The summed E-state index contributed by atoms with van der Waals surface area (Å²) in [5.41, 5.74) is 4.09. The first kappa shape index (κ1) is 22.1. The van der Waals surface area contributed by atoms with Gasteiger partial charge in [-0.1, -0.05) is 48.0 Å². The molecule has 3 aromatic rings. The van der Waals surface area contributed by atoms with Crippen LogP contribution in [0.3, 0.4) is 0 Å². The molecule has 2 aliphatic heterocycles. The zero-order valence-corrected chi connectivity index (χ0v) is 19.3. The van der Waals surface area contributed by atoms with Crippen LogP contribution in [0, 0.1) is 12.8 Å². The minimum atomic E-state index is -0.510. The highest BCUT2D eigenvalue weighted by atomic mass is 16.5. The molecule has 1 aromatic heterocycles. The molecule has 172 valence electrons. The van der Waals surface area contributed by atoms with Crippen LogP contribution >= 0.6 is 0 Å². The Morgan fingerprint density at radius 1 is 1.03 bits per heavy atom. The standard InChI is InChI=1S/C28H32N2O3/c1-21-7-9-24(10-8-21)28(11-15-32-16-12-28)27(31)30-14-17-33-20-22(19-30)18-23-4-2-6-26-25(23)5-3-13-29-26/h2-10,13,22H,11-12,14-20H2,1H3. The van der Waals surface area contributed by atoms with Crippen molar-refractivity contribution >= 4 is 16.8 Å². The summed E-state index contributed by atoms with van der Waals surface area (Å²) < 4.78 is 11.7. The van der Waals surface area contributed by atoms with Crippen LogP contribution in [0.5, 0.6) is 0 Å². The van der Waals surface area contributed by atoms with Crippen molar-refractivity contribution in [1.29, 1.82) is 0 Å². The van der Waals surface area contributed by atoms with Gasteiger partial charge in [-0.05, 0) is 49.4 Å². The van der Waals surface area contributed by atoms with E-state index >= 15 is 0 Å². The molecular weight excluding hydrogens is 412 g/mol. The van der Waals surface area contributed by atoms with Gasteiger partial charge in [-0.3, -0.25) is 9.78 Å². The Kier molecular flexibility index (Phi) is 6.43. The number of nitrogens with zero attached hydrogens (tertiary/aromatic N) is 2. The second-order valence-electron chi connectivity index (χ2n) is 9.44. The highest BCUT2D eigenvalue weighted by Crippen LogP contribution is 2.37. The fraction of sp³-hybridized carbons (Fsp3) is 0.429. The molecule has 0 spiro atoms. The lowest BCUT2D eigenvalue weighted by Gasteiger charge is -2.40. The van der Waals surface area contributed by atoms with E-state index in [0.717, 1.165) is 30.3 Å². The minimum Gasteiger partial charge on any atom is -0.381 e. The molecule has 0 saturated carbocycles. The first-order valence-corrected chi connectivity index (χ1v) is 12.0. The Morgan fingerprint density at radius 2 is 1.85 bits per heavy atom. The third-order valence-electron chi connectivity index (χ3n) is 7.23. The van der Waals surface area contributed by atoms with Gasteiger partial charge in [-0.15, -0.1) is 0 Å². The molecule has 1 amide bonds. The Hall–Kier alpha value is -2.76. The maximum Gasteiger partial charge on any atom is 0.233 e. The summed E-state index contributed by atoms with van der Waals surface area (Å²) in [4.78, 5) is 20.7. The number of hydrogen-bond donors (Lipinski definition) is 0. The molecule has 1 atom stereocenters. The predicted molar refractivity (Wildman–Crippen MR) is 129 cm³/mol. The van der Waals surface area contributed by atoms with Gasteiger partial charge >= 0.3 is 0 Å². The normalized spacial score (nSPS) is 21.0. The van der Waals surface area contributed by atoms with Crippen LogP contribution in [-0.2, 0) is 26.1 Å². The van der Waals surface area contributed by atoms with Gasteiger partial charge in [0.15, 0.2) is 0 Å². The molecule has 1 unspecified atom stereocenters. The summed E-state index contributed by atoms with van der Waals surface area (Å²) in [5, 5.41) is 1.18. The highest BCUT2D eigenvalue weighted by molar-refractivity contribution is 5.88. The fourth-order valence-corrected chi connectivity index (χ4v) is 5.37. The largest absolute Gasteiger partial charge is 0.381 e. The maximum absolute atomic E-state index is 14.1. The molecule has 0 bridgehead atoms. The lowest BCUT2D eigenvalue weighted by molar-refractivity contribution is -0.141. The highest BCUT2D eigenvalue weighted by Gasteiger charge is 2.44. The van der Waals surface area contributed by atoms with Crippen LogP contribution in [-0.4, -0.2) is 55.3 Å². The summed E-state index contributed by atoms with van der Waals surface area (Å²) in [7, 11) is 0. The van der Waals surface area contributed by atoms with Gasteiger partial charge in [0.1, 0.15) is 0 Å². The number of carbonyl (C=O) groups excluding carboxylic acids is 1. The van der Waals surface area contributed by atoms with Crippen molar-refractivity contribution < 1.29 is 14.3 Å². The molecule has 3 heterocycles. The van der Waals surface area contributed by atoms with E-state index < -0.39 is 5.41 Å². The van der Waals surface area contributed by atoms with E-state index in [4.69, 9.17) is 9.47 Å². The third-order valence-corrected chi connectivity index (χ3v) is 7.23. The van der Waals surface area contributed by atoms with Gasteiger partial charge in [0.25, 0.3) is 0 Å². The van der Waals surface area contributed by atoms with Crippen molar-refractivity contribution in [3.8, 4) is 0 Å². The van der Waals surface area contributed by atoms with E-state index in [-0.39, 0.29) is 11.8 Å². The number of amides is 1. The Bertz CT molecular complexity index is 1100. The maximum atomic E-state index is 14.1. The molecule has 33 heavy (non-hydrogen) atoms. The number of rotatable bonds is 4. The molecule has 5 nitrogen and oxygen atoms in total. The summed E-state index contributed by atoms with van der Waals surface area (Å²) in [6.07, 6.45) is 4.16. The summed E-state index contributed by atoms with van der Waals surface area (Å²) >= 11 is 0. The molecule has 5 heteroatoms. The molecule has 0 radical (unpaired) electrons. The number of carbonyl (C=O) groups is 1. The van der Waals surface area contributed by atoms with Crippen molar-refractivity contribution in [3.63, 3.8) is 0 Å². The molecule has 5 rings (SSSR count). The quantitative estimate of drug-likeness (QED) is 0.602. The molecule has 0 N–H and O–H groups in total. The van der Waals surface area contributed by atoms with E-state index in [1.54, 1.807) is 0 Å². The lowest BCUT2D eigenvalue weighted by atomic mass is 9.72. The van der Waals surface area contributed by atoms with Crippen LogP contribution < -0.4 is 0 Å². The number of aryl methyl sites for hydroxylation is 1. The van der Waals surface area contributed by atoms with E-state index in [9.17, 15) is 4.79 Å². The monoisotopic (exact) mass is 444 g/mol. The second-order valence-corrected chi connectivity index (χ2v) is 9.44. The van der Waals surface area contributed by atoms with E-state index in [1.807, 2.05) is 12.3 Å². The van der Waals surface area contributed by atoms with E-state index in [2.05, 4.69) is 65.3 Å². The van der Waals surface area contributed by atoms with Crippen LogP contribution in [0.25, 0.3) is 10.9 Å². The van der Waals surface area contributed by atoms with Crippen molar-refractivity contribution in [1.82, 2.24) is 9.88 Å². The number of hydrogen-bond acceptors (Lipinski definition) is 4. The van der Waals surface area contributed by atoms with Crippen molar-refractivity contribution in [2.75, 3.05) is 39.5 Å². The average Bonchev–Trinajstić information content (AvgIpc) is 3.10. The average molecular weight is 445 g/mol. The zero-order chi connectivity index (χ0) is 22.7. The molecular formula is C28H32N2O3. The van der Waals surface area contributed by atoms with Crippen molar-refractivity contribution in [2.45, 2.75) is 31.6 Å². The number of benzene rings is 2. The van der Waals surface area contributed by atoms with E-state index in [1.165, 1.54) is 16.5 Å². The van der Waals surface area contributed by atoms with Gasteiger partial charge in [0.2, 0.25) is 5.91 Å². The fourth-order valence-electron chi connectivity index (χ4n) is 5.37. The molecule has 2 fully saturated rings. The number of aromatic nitrogens is 1. The summed E-state index contributed by atoms with van der Waals surface area (Å²) in [6.45, 7) is 5.93. The van der Waals surface area contributed by atoms with Gasteiger partial charge in [0.05, 0.1) is 24.1 Å². The minimum absolute atomic E-state index is 0.227. The van der Waals surface area contributed by atoms with Gasteiger partial charge < -0.3 is 14.4 Å². The predicted octanol–water partition coefficient (Wildman–Crippen LogP) is 4.31. The number of ether oxygens (including phenoxy) is 2. The first-order chi connectivity index (χ1) is 16.2. The van der Waals surface area contributed by atoms with Crippen LogP contribution in [0.4, 0.5) is 0 Å². The Morgan fingerprint density at radius 3 is 2.67 bits per heavy atom. The zero-order valence-electron chi connectivity index (χ0n) is 19.3. The van der Waals surface area contributed by atoms with Crippen molar-refractivity contribution in [3.05, 3.63) is 77.5 Å². The first-order valence-electron chi connectivity index (χ1n) is 12.0. The molecule has 2 aliphatic rings. The van der Waals surface area contributed by atoms with Crippen molar-refractivity contribution in [2.24, 2.45) is 5.92 Å². The van der Waals surface area contributed by atoms with Crippen LogP contribution in [0.2, 0.25) is 0 Å². The van der Waals surface area contributed by atoms with Gasteiger partial charge in [0, 0.05) is 43.8 Å². The topological polar surface area (TPSA) is 51.7 Å². The third kappa shape index (κ3) is 4.53. The second kappa shape index (κ2) is 9.62. The molecule has 2 aromatic carbocycles. The molecule has 0 aliphatic carbocycles. The Balaban J connectivity index is 1.40. The molecule has 2 saturated heterocycles. The number of pyridine rings is 1.